The molecule has 1 heterocycles. The van der Waals surface area contributed by atoms with E-state index in [0.29, 0.717) is 29.9 Å². The summed E-state index contributed by atoms with van der Waals surface area (Å²) in [7, 11) is -1.77. The third-order valence-electron chi connectivity index (χ3n) is 3.38. The summed E-state index contributed by atoms with van der Waals surface area (Å²) in [6.45, 7) is 3.79. The first-order valence-corrected chi connectivity index (χ1v) is 10.5. The number of aryl methyl sites for hydroxylation is 1. The zero-order chi connectivity index (χ0) is 18.8. The van der Waals surface area contributed by atoms with Gasteiger partial charge in [0.2, 0.25) is 10.0 Å². The van der Waals surface area contributed by atoms with Gasteiger partial charge in [0.1, 0.15) is 16.6 Å². The van der Waals surface area contributed by atoms with E-state index in [4.69, 9.17) is 4.74 Å². The van der Waals surface area contributed by atoms with Crippen molar-refractivity contribution in [2.24, 2.45) is 4.99 Å². The number of nitrogens with zero attached hydrogens (tertiary/aromatic N) is 1. The molecule has 0 radical (unpaired) electrons. The van der Waals surface area contributed by atoms with Crippen LogP contribution >= 0.6 is 11.3 Å². The van der Waals surface area contributed by atoms with Crippen LogP contribution in [-0.4, -0.2) is 47.7 Å². The van der Waals surface area contributed by atoms with Gasteiger partial charge in [-0.2, -0.15) is 0 Å². The van der Waals surface area contributed by atoms with Gasteiger partial charge in [-0.3, -0.25) is 4.99 Å². The molecule has 0 unspecified atom stereocenters. The Bertz CT molecular complexity index is 788. The lowest BCUT2D eigenvalue weighted by Crippen LogP contribution is -2.42. The highest BCUT2D eigenvalue weighted by molar-refractivity contribution is 7.91. The Labute approximate surface area is 158 Å². The van der Waals surface area contributed by atoms with Crippen molar-refractivity contribution in [2.75, 3.05) is 33.3 Å². The van der Waals surface area contributed by atoms with Crippen molar-refractivity contribution >= 4 is 27.3 Å². The lowest BCUT2D eigenvalue weighted by atomic mass is 10.2. The Morgan fingerprint density at radius 3 is 2.50 bits per heavy atom. The van der Waals surface area contributed by atoms with Crippen LogP contribution in [0.4, 0.5) is 0 Å². The average Bonchev–Trinajstić information content (AvgIpc) is 3.17. The van der Waals surface area contributed by atoms with Crippen LogP contribution < -0.4 is 20.1 Å². The maximum absolute atomic E-state index is 12.0. The molecule has 0 spiro atoms. The zero-order valence-corrected chi connectivity index (χ0v) is 16.5. The molecule has 26 heavy (non-hydrogen) atoms. The molecule has 142 valence electrons. The number of benzene rings is 1. The molecule has 0 amide bonds. The molecule has 3 N–H and O–H groups in total. The maximum atomic E-state index is 12.0. The second kappa shape index (κ2) is 10.1. The highest BCUT2D eigenvalue weighted by Gasteiger charge is 2.13. The first-order valence-electron chi connectivity index (χ1n) is 8.18. The summed E-state index contributed by atoms with van der Waals surface area (Å²) in [6.07, 6.45) is 0. The normalized spacial score (nSPS) is 12.0. The Morgan fingerprint density at radius 1 is 1.12 bits per heavy atom. The van der Waals surface area contributed by atoms with E-state index < -0.39 is 10.0 Å². The van der Waals surface area contributed by atoms with Gasteiger partial charge in [0, 0.05) is 20.1 Å². The summed E-state index contributed by atoms with van der Waals surface area (Å²) in [5.41, 5.74) is 1.19. The van der Waals surface area contributed by atoms with Gasteiger partial charge in [-0.1, -0.05) is 23.8 Å². The average molecular weight is 397 g/mol. The highest BCUT2D eigenvalue weighted by atomic mass is 32.2. The second-order valence-corrected chi connectivity index (χ2v) is 8.36. The molecule has 0 aliphatic heterocycles. The van der Waals surface area contributed by atoms with E-state index in [-0.39, 0.29) is 6.54 Å². The van der Waals surface area contributed by atoms with Crippen LogP contribution in [0.1, 0.15) is 5.56 Å². The number of sulfonamides is 1. The molecule has 2 aromatic rings. The van der Waals surface area contributed by atoms with Crippen LogP contribution in [0.25, 0.3) is 0 Å². The van der Waals surface area contributed by atoms with Crippen molar-refractivity contribution in [3.63, 3.8) is 0 Å². The van der Waals surface area contributed by atoms with Gasteiger partial charge < -0.3 is 15.4 Å². The van der Waals surface area contributed by atoms with Crippen LogP contribution in [0, 0.1) is 6.92 Å². The minimum atomic E-state index is -3.43. The second-order valence-electron chi connectivity index (χ2n) is 5.42. The molecule has 0 fully saturated rings. The molecule has 7 nitrogen and oxygen atoms in total. The third-order valence-corrected chi connectivity index (χ3v) is 6.24. The van der Waals surface area contributed by atoms with Gasteiger partial charge in [-0.05, 0) is 30.5 Å². The monoisotopic (exact) mass is 396 g/mol. The standard InChI is InChI=1S/C17H24N4O3S2/c1-14-5-7-15(8-6-14)24-12-11-20-17(18-2)19-9-10-21-26(22,23)16-4-3-13-25-16/h3-8,13,21H,9-12H2,1-2H3,(H2,18,19,20). The van der Waals surface area contributed by atoms with Crippen molar-refractivity contribution in [3.8, 4) is 5.75 Å². The van der Waals surface area contributed by atoms with Crippen LogP contribution in [-0.2, 0) is 10.0 Å². The molecule has 0 saturated heterocycles. The number of hydrogen-bond donors (Lipinski definition) is 3. The highest BCUT2D eigenvalue weighted by Crippen LogP contribution is 2.14. The van der Waals surface area contributed by atoms with Gasteiger partial charge in [0.05, 0.1) is 6.54 Å². The minimum Gasteiger partial charge on any atom is -0.492 e. The molecular weight excluding hydrogens is 372 g/mol. The molecule has 9 heteroatoms. The smallest absolute Gasteiger partial charge is 0.250 e. The number of hydrogen-bond acceptors (Lipinski definition) is 5. The topological polar surface area (TPSA) is 91.8 Å². The van der Waals surface area contributed by atoms with E-state index in [1.54, 1.807) is 24.6 Å². The van der Waals surface area contributed by atoms with Crippen molar-refractivity contribution < 1.29 is 13.2 Å². The molecular formula is C17H24N4O3S2. The quantitative estimate of drug-likeness (QED) is 0.340. The fourth-order valence-electron chi connectivity index (χ4n) is 2.05. The molecule has 1 aromatic heterocycles. The zero-order valence-electron chi connectivity index (χ0n) is 14.9. The predicted molar refractivity (Wildman–Crippen MR) is 106 cm³/mol. The third kappa shape index (κ3) is 6.66. The molecule has 0 aliphatic carbocycles. The summed E-state index contributed by atoms with van der Waals surface area (Å²) in [6, 6.07) is 11.2. The summed E-state index contributed by atoms with van der Waals surface area (Å²) in [5, 5.41) is 7.90. The fourth-order valence-corrected chi connectivity index (χ4v) is 4.12. The molecule has 0 atom stereocenters. The van der Waals surface area contributed by atoms with Gasteiger partial charge in [-0.25, -0.2) is 13.1 Å². The molecule has 1 aromatic carbocycles. The van der Waals surface area contributed by atoms with Gasteiger partial charge in [-0.15, -0.1) is 11.3 Å². The molecule has 0 bridgehead atoms. The van der Waals surface area contributed by atoms with E-state index in [0.717, 1.165) is 5.75 Å². The Hall–Kier alpha value is -2.10. The summed E-state index contributed by atoms with van der Waals surface area (Å²) in [5.74, 6) is 1.41. The fraction of sp³-hybridized carbons (Fsp3) is 0.353. The Kier molecular flexibility index (Phi) is 7.89. The van der Waals surface area contributed by atoms with E-state index in [2.05, 4.69) is 20.3 Å². The number of thiophene rings is 1. The van der Waals surface area contributed by atoms with Crippen molar-refractivity contribution in [2.45, 2.75) is 11.1 Å². The number of rotatable bonds is 9. The lowest BCUT2D eigenvalue weighted by molar-refractivity contribution is 0.322. The number of aliphatic imine (C=N–C) groups is 1. The number of nitrogens with one attached hydrogen (secondary N) is 3. The van der Waals surface area contributed by atoms with Crippen LogP contribution in [0.2, 0.25) is 0 Å². The van der Waals surface area contributed by atoms with Crippen LogP contribution in [0.5, 0.6) is 5.75 Å². The van der Waals surface area contributed by atoms with Crippen LogP contribution in [0.15, 0.2) is 51.0 Å². The van der Waals surface area contributed by atoms with Gasteiger partial charge >= 0.3 is 0 Å². The summed E-state index contributed by atoms with van der Waals surface area (Å²) >= 11 is 1.19. The molecule has 0 saturated carbocycles. The SMILES string of the molecule is CN=C(NCCNS(=O)(=O)c1cccs1)NCCOc1ccc(C)cc1. The Morgan fingerprint density at radius 2 is 1.85 bits per heavy atom. The molecule has 2 rings (SSSR count). The Balaban J connectivity index is 1.62. The van der Waals surface area contributed by atoms with Gasteiger partial charge in [0.25, 0.3) is 0 Å². The van der Waals surface area contributed by atoms with E-state index in [1.165, 1.54) is 16.9 Å². The minimum absolute atomic E-state index is 0.265. The number of ether oxygens (including phenoxy) is 1. The van der Waals surface area contributed by atoms with Gasteiger partial charge in [0.15, 0.2) is 5.96 Å². The summed E-state index contributed by atoms with van der Waals surface area (Å²) < 4.78 is 32.5. The first kappa shape index (κ1) is 20.2. The van der Waals surface area contributed by atoms with Crippen molar-refractivity contribution in [1.29, 1.82) is 0 Å². The largest absolute Gasteiger partial charge is 0.492 e. The predicted octanol–water partition coefficient (Wildman–Crippen LogP) is 1.58. The summed E-state index contributed by atoms with van der Waals surface area (Å²) in [4.78, 5) is 4.09. The maximum Gasteiger partial charge on any atom is 0.250 e. The van der Waals surface area contributed by atoms with E-state index in [9.17, 15) is 8.42 Å². The number of guanidine groups is 1. The molecule has 0 aliphatic rings. The van der Waals surface area contributed by atoms with E-state index >= 15 is 0 Å². The first-order chi connectivity index (χ1) is 12.5. The lowest BCUT2D eigenvalue weighted by Gasteiger charge is -2.13. The van der Waals surface area contributed by atoms with Crippen molar-refractivity contribution in [1.82, 2.24) is 15.4 Å². The van der Waals surface area contributed by atoms with Crippen molar-refractivity contribution in [3.05, 3.63) is 47.3 Å². The van der Waals surface area contributed by atoms with Crippen LogP contribution in [0.3, 0.4) is 0 Å². The van der Waals surface area contributed by atoms with E-state index in [1.807, 2.05) is 31.2 Å².